The summed E-state index contributed by atoms with van der Waals surface area (Å²) in [6.45, 7) is 7.06. The molecule has 2 nitrogen and oxygen atoms in total. The van der Waals surface area contributed by atoms with E-state index in [2.05, 4.69) is 54.2 Å². The molecule has 90 valence electrons. The maximum atomic E-state index is 3.42. The molecule has 0 saturated heterocycles. The minimum absolute atomic E-state index is 0.927. The Morgan fingerprint density at radius 1 is 1.24 bits per heavy atom. The van der Waals surface area contributed by atoms with Gasteiger partial charge in [0.05, 0.1) is 5.52 Å². The van der Waals surface area contributed by atoms with Gasteiger partial charge >= 0.3 is 0 Å². The number of rotatable bonds is 0. The van der Waals surface area contributed by atoms with Crippen molar-refractivity contribution >= 4 is 22.8 Å². The maximum absolute atomic E-state index is 3.42. The molecule has 0 atom stereocenters. The smallest absolute Gasteiger partial charge is 0.114 e. The molecule has 17 heavy (non-hydrogen) atoms. The summed E-state index contributed by atoms with van der Waals surface area (Å²) in [5.41, 5.74) is 3.93. The molecule has 0 radical (unpaired) electrons. The van der Waals surface area contributed by atoms with Gasteiger partial charge < -0.3 is 9.88 Å². The van der Waals surface area contributed by atoms with E-state index in [4.69, 9.17) is 0 Å². The third-order valence-electron chi connectivity index (χ3n) is 3.07. The number of benzene rings is 1. The molecule has 3 rings (SSSR count). The number of aromatic nitrogens is 1. The standard InChI is InChI=1S/C13H14N2.C2H6/c1-9-5-6-12-11(8-9)10-4-3-7-14-13(10)15(12)2;1-2/h3-6,8,14H,7H2,1-2H3;1-2H3. The van der Waals surface area contributed by atoms with Crippen molar-refractivity contribution in [3.8, 4) is 0 Å². The van der Waals surface area contributed by atoms with E-state index in [1.165, 1.54) is 27.8 Å². The van der Waals surface area contributed by atoms with Crippen LogP contribution >= 0.6 is 0 Å². The monoisotopic (exact) mass is 228 g/mol. The molecule has 2 heterocycles. The Balaban J connectivity index is 0.000000514. The zero-order valence-electron chi connectivity index (χ0n) is 11.0. The molecule has 1 aromatic heterocycles. The molecule has 2 aromatic rings. The molecule has 0 bridgehead atoms. The molecule has 1 aromatic carbocycles. The highest BCUT2D eigenvalue weighted by Gasteiger charge is 2.14. The van der Waals surface area contributed by atoms with Crippen LogP contribution in [0.4, 0.5) is 5.82 Å². The number of nitrogens with zero attached hydrogens (tertiary/aromatic N) is 1. The minimum atomic E-state index is 0.927. The van der Waals surface area contributed by atoms with E-state index < -0.39 is 0 Å². The summed E-state index contributed by atoms with van der Waals surface area (Å²) in [5, 5.41) is 4.76. The summed E-state index contributed by atoms with van der Waals surface area (Å²) >= 11 is 0. The van der Waals surface area contributed by atoms with Crippen LogP contribution < -0.4 is 5.32 Å². The van der Waals surface area contributed by atoms with Gasteiger partial charge in [0.15, 0.2) is 0 Å². The lowest BCUT2D eigenvalue weighted by molar-refractivity contribution is 0.961. The summed E-state index contributed by atoms with van der Waals surface area (Å²) in [4.78, 5) is 0. The second-order valence-electron chi connectivity index (χ2n) is 4.13. The SMILES string of the molecule is CC.Cc1ccc2c(c1)c1c(n2C)NCC=C1. The summed E-state index contributed by atoms with van der Waals surface area (Å²) in [7, 11) is 2.11. The normalized spacial score (nSPS) is 12.7. The highest BCUT2D eigenvalue weighted by molar-refractivity contribution is 5.97. The summed E-state index contributed by atoms with van der Waals surface area (Å²) < 4.78 is 2.23. The lowest BCUT2D eigenvalue weighted by Gasteiger charge is -2.10. The Hall–Kier alpha value is -1.70. The average Bonchev–Trinajstić information content (AvgIpc) is 2.66. The number of hydrogen-bond donors (Lipinski definition) is 1. The van der Waals surface area contributed by atoms with Crippen molar-refractivity contribution < 1.29 is 0 Å². The highest BCUT2D eigenvalue weighted by Crippen LogP contribution is 2.32. The minimum Gasteiger partial charge on any atom is -0.367 e. The average molecular weight is 228 g/mol. The zero-order valence-corrected chi connectivity index (χ0v) is 11.0. The predicted molar refractivity (Wildman–Crippen MR) is 76.5 cm³/mol. The van der Waals surface area contributed by atoms with E-state index in [-0.39, 0.29) is 0 Å². The first kappa shape index (κ1) is 11.8. The Morgan fingerprint density at radius 3 is 2.76 bits per heavy atom. The van der Waals surface area contributed by atoms with Gasteiger partial charge in [-0.2, -0.15) is 0 Å². The maximum Gasteiger partial charge on any atom is 0.114 e. The van der Waals surface area contributed by atoms with E-state index in [0.29, 0.717) is 0 Å². The topological polar surface area (TPSA) is 17.0 Å². The first-order valence-corrected chi connectivity index (χ1v) is 6.27. The second-order valence-corrected chi connectivity index (χ2v) is 4.13. The van der Waals surface area contributed by atoms with Crippen molar-refractivity contribution in [2.24, 2.45) is 7.05 Å². The van der Waals surface area contributed by atoms with Crippen LogP contribution in [0.2, 0.25) is 0 Å². The number of nitrogens with one attached hydrogen (secondary N) is 1. The van der Waals surface area contributed by atoms with Gasteiger partial charge in [0.2, 0.25) is 0 Å². The van der Waals surface area contributed by atoms with Crippen LogP contribution in [0.15, 0.2) is 24.3 Å². The molecule has 0 aliphatic carbocycles. The summed E-state index contributed by atoms with van der Waals surface area (Å²) in [6.07, 6.45) is 4.39. The largest absolute Gasteiger partial charge is 0.367 e. The predicted octanol–water partition coefficient (Wildman–Crippen LogP) is 3.95. The van der Waals surface area contributed by atoms with Crippen molar-refractivity contribution in [2.45, 2.75) is 20.8 Å². The first-order chi connectivity index (χ1) is 8.27. The van der Waals surface area contributed by atoms with Crippen LogP contribution in [0, 0.1) is 6.92 Å². The summed E-state index contributed by atoms with van der Waals surface area (Å²) in [5.74, 6) is 1.23. The molecule has 2 heteroatoms. The lowest BCUT2D eigenvalue weighted by Crippen LogP contribution is -2.07. The lowest BCUT2D eigenvalue weighted by atomic mass is 10.1. The number of anilines is 1. The van der Waals surface area contributed by atoms with Gasteiger partial charge in [0.25, 0.3) is 0 Å². The van der Waals surface area contributed by atoms with Crippen LogP contribution in [0.3, 0.4) is 0 Å². The molecule has 0 unspecified atom stereocenters. The Bertz CT molecular complexity index is 562. The van der Waals surface area contributed by atoms with Crippen LogP contribution in [0.25, 0.3) is 17.0 Å². The van der Waals surface area contributed by atoms with Crippen molar-refractivity contribution in [2.75, 3.05) is 11.9 Å². The Kier molecular flexibility index (Phi) is 3.23. The molecule has 1 aliphatic rings. The third kappa shape index (κ3) is 1.84. The van der Waals surface area contributed by atoms with Gasteiger partial charge in [-0.15, -0.1) is 0 Å². The van der Waals surface area contributed by atoms with E-state index in [9.17, 15) is 0 Å². The quantitative estimate of drug-likeness (QED) is 0.722. The zero-order chi connectivity index (χ0) is 12.4. The molecule has 0 fully saturated rings. The van der Waals surface area contributed by atoms with E-state index >= 15 is 0 Å². The van der Waals surface area contributed by atoms with Crippen LogP contribution in [0.1, 0.15) is 25.0 Å². The Labute approximate surface area is 103 Å². The molecule has 1 aliphatic heterocycles. The fourth-order valence-electron chi connectivity index (χ4n) is 2.30. The van der Waals surface area contributed by atoms with Gasteiger partial charge in [-0.1, -0.05) is 37.6 Å². The molecule has 0 amide bonds. The fraction of sp³-hybridized carbons (Fsp3) is 0.333. The summed E-state index contributed by atoms with van der Waals surface area (Å²) in [6, 6.07) is 6.61. The second kappa shape index (κ2) is 4.66. The molecule has 0 spiro atoms. The van der Waals surface area contributed by atoms with Crippen molar-refractivity contribution in [3.05, 3.63) is 35.4 Å². The van der Waals surface area contributed by atoms with Crippen LogP contribution in [-0.4, -0.2) is 11.1 Å². The number of aryl methyl sites for hydroxylation is 2. The van der Waals surface area contributed by atoms with E-state index in [1.54, 1.807) is 0 Å². The fourth-order valence-corrected chi connectivity index (χ4v) is 2.30. The highest BCUT2D eigenvalue weighted by atomic mass is 15.1. The first-order valence-electron chi connectivity index (χ1n) is 6.27. The van der Waals surface area contributed by atoms with Crippen LogP contribution in [-0.2, 0) is 7.05 Å². The number of hydrogen-bond acceptors (Lipinski definition) is 1. The van der Waals surface area contributed by atoms with E-state index in [0.717, 1.165) is 6.54 Å². The van der Waals surface area contributed by atoms with Gasteiger partial charge in [-0.05, 0) is 19.1 Å². The van der Waals surface area contributed by atoms with Gasteiger partial charge in [-0.3, -0.25) is 0 Å². The molecular weight excluding hydrogens is 208 g/mol. The Morgan fingerprint density at radius 2 is 2.00 bits per heavy atom. The molecular formula is C15H20N2. The third-order valence-corrected chi connectivity index (χ3v) is 3.07. The molecule has 0 saturated carbocycles. The molecule has 1 N–H and O–H groups in total. The van der Waals surface area contributed by atoms with Crippen molar-refractivity contribution in [3.63, 3.8) is 0 Å². The van der Waals surface area contributed by atoms with Gasteiger partial charge in [-0.25, -0.2) is 0 Å². The van der Waals surface area contributed by atoms with Crippen LogP contribution in [0.5, 0.6) is 0 Å². The number of fused-ring (bicyclic) bond motifs is 3. The van der Waals surface area contributed by atoms with Gasteiger partial charge in [0.1, 0.15) is 5.82 Å². The van der Waals surface area contributed by atoms with Gasteiger partial charge in [0, 0.05) is 24.5 Å². The van der Waals surface area contributed by atoms with Crippen molar-refractivity contribution in [1.29, 1.82) is 0 Å². The van der Waals surface area contributed by atoms with Crippen molar-refractivity contribution in [1.82, 2.24) is 4.57 Å². The van der Waals surface area contributed by atoms with E-state index in [1.807, 2.05) is 13.8 Å².